The highest BCUT2D eigenvalue weighted by molar-refractivity contribution is 6.21. The molecule has 3 nitrogen and oxygen atoms in total. The van der Waals surface area contributed by atoms with Crippen LogP contribution in [0.3, 0.4) is 0 Å². The molecule has 0 fully saturated rings. The van der Waals surface area contributed by atoms with E-state index in [4.69, 9.17) is 0 Å². The van der Waals surface area contributed by atoms with Crippen LogP contribution in [-0.2, 0) is 9.59 Å². The number of benzene rings is 1. The monoisotopic (exact) mass is 201 g/mol. The van der Waals surface area contributed by atoms with Gasteiger partial charge in [-0.25, -0.2) is 4.90 Å². The topological polar surface area (TPSA) is 37.4 Å². The lowest BCUT2D eigenvalue weighted by atomic mass is 10.1. The zero-order valence-corrected chi connectivity index (χ0v) is 8.43. The second-order valence-electron chi connectivity index (χ2n) is 3.57. The molecule has 1 aliphatic rings. The van der Waals surface area contributed by atoms with Crippen molar-refractivity contribution >= 4 is 17.5 Å². The van der Waals surface area contributed by atoms with Gasteiger partial charge in [-0.15, -0.1) is 0 Å². The van der Waals surface area contributed by atoms with E-state index in [0.717, 1.165) is 5.57 Å². The van der Waals surface area contributed by atoms with Crippen LogP contribution in [0.2, 0.25) is 0 Å². The zero-order chi connectivity index (χ0) is 10.8. The molecule has 0 N–H and O–H groups in total. The maximum absolute atomic E-state index is 11.7. The van der Waals surface area contributed by atoms with Gasteiger partial charge >= 0.3 is 0 Å². The summed E-state index contributed by atoms with van der Waals surface area (Å²) in [7, 11) is 0. The third kappa shape index (κ3) is 1.81. The van der Waals surface area contributed by atoms with Crippen molar-refractivity contribution in [3.05, 3.63) is 42.0 Å². The second-order valence-corrected chi connectivity index (χ2v) is 3.57. The van der Waals surface area contributed by atoms with Crippen LogP contribution >= 0.6 is 0 Å². The number of imide groups is 1. The van der Waals surface area contributed by atoms with Gasteiger partial charge in [0.05, 0.1) is 5.69 Å². The van der Waals surface area contributed by atoms with Crippen LogP contribution in [0.4, 0.5) is 5.69 Å². The van der Waals surface area contributed by atoms with Gasteiger partial charge in [-0.2, -0.15) is 0 Å². The van der Waals surface area contributed by atoms with Crippen molar-refractivity contribution in [2.24, 2.45) is 0 Å². The van der Waals surface area contributed by atoms with E-state index in [0.29, 0.717) is 12.1 Å². The fourth-order valence-corrected chi connectivity index (χ4v) is 1.62. The van der Waals surface area contributed by atoms with Crippen molar-refractivity contribution in [1.29, 1.82) is 0 Å². The Balaban J connectivity index is 2.39. The van der Waals surface area contributed by atoms with Crippen LogP contribution in [0.25, 0.3) is 0 Å². The number of carbonyl (C=O) groups excluding carboxylic acids is 2. The number of hydrogen-bond donors (Lipinski definition) is 0. The van der Waals surface area contributed by atoms with Crippen LogP contribution in [0, 0.1) is 0 Å². The predicted molar refractivity (Wildman–Crippen MR) is 57.3 cm³/mol. The SMILES string of the molecule is CC1=CC(=O)N(c2ccccc2)C(=O)C1. The number of para-hydroxylation sites is 1. The third-order valence-electron chi connectivity index (χ3n) is 2.28. The van der Waals surface area contributed by atoms with E-state index < -0.39 is 0 Å². The summed E-state index contributed by atoms with van der Waals surface area (Å²) in [5, 5.41) is 0. The molecule has 76 valence electrons. The van der Waals surface area contributed by atoms with Crippen molar-refractivity contribution < 1.29 is 9.59 Å². The molecule has 3 heteroatoms. The van der Waals surface area contributed by atoms with Gasteiger partial charge in [0.25, 0.3) is 5.91 Å². The Labute approximate surface area is 88.0 Å². The number of carbonyl (C=O) groups is 2. The summed E-state index contributed by atoms with van der Waals surface area (Å²) in [6.07, 6.45) is 1.83. The fourth-order valence-electron chi connectivity index (χ4n) is 1.62. The first-order valence-corrected chi connectivity index (χ1v) is 4.77. The molecule has 1 heterocycles. The van der Waals surface area contributed by atoms with E-state index in [1.165, 1.54) is 11.0 Å². The Morgan fingerprint density at radius 1 is 1.13 bits per heavy atom. The smallest absolute Gasteiger partial charge is 0.257 e. The summed E-state index contributed by atoms with van der Waals surface area (Å²) >= 11 is 0. The van der Waals surface area contributed by atoms with E-state index in [-0.39, 0.29) is 11.8 Å². The Bertz CT molecular complexity index is 434. The fraction of sp³-hybridized carbons (Fsp3) is 0.167. The lowest BCUT2D eigenvalue weighted by Crippen LogP contribution is -2.38. The van der Waals surface area contributed by atoms with Crippen LogP contribution in [-0.4, -0.2) is 11.8 Å². The van der Waals surface area contributed by atoms with Crippen molar-refractivity contribution in [1.82, 2.24) is 0 Å². The Morgan fingerprint density at radius 2 is 1.80 bits per heavy atom. The molecule has 1 aliphatic heterocycles. The molecule has 0 spiro atoms. The first-order valence-electron chi connectivity index (χ1n) is 4.77. The van der Waals surface area contributed by atoms with E-state index in [1.807, 2.05) is 6.07 Å². The average Bonchev–Trinajstić information content (AvgIpc) is 2.17. The molecule has 2 rings (SSSR count). The normalized spacial score (nSPS) is 16.6. The highest BCUT2D eigenvalue weighted by atomic mass is 16.2. The van der Waals surface area contributed by atoms with E-state index in [9.17, 15) is 9.59 Å². The van der Waals surface area contributed by atoms with Crippen LogP contribution in [0.1, 0.15) is 13.3 Å². The summed E-state index contributed by atoms with van der Waals surface area (Å²) in [4.78, 5) is 24.5. The van der Waals surface area contributed by atoms with Crippen molar-refractivity contribution in [2.45, 2.75) is 13.3 Å². The van der Waals surface area contributed by atoms with E-state index in [2.05, 4.69) is 0 Å². The summed E-state index contributed by atoms with van der Waals surface area (Å²) in [5.74, 6) is -0.416. The molecule has 0 aliphatic carbocycles. The summed E-state index contributed by atoms with van der Waals surface area (Å²) in [6.45, 7) is 1.79. The van der Waals surface area contributed by atoms with Crippen molar-refractivity contribution in [3.63, 3.8) is 0 Å². The molecule has 0 radical (unpaired) electrons. The summed E-state index contributed by atoms with van der Waals surface area (Å²) < 4.78 is 0. The Kier molecular flexibility index (Phi) is 2.37. The van der Waals surface area contributed by atoms with Crippen molar-refractivity contribution in [3.8, 4) is 0 Å². The van der Waals surface area contributed by atoms with Gasteiger partial charge in [-0.05, 0) is 19.1 Å². The highest BCUT2D eigenvalue weighted by Gasteiger charge is 2.25. The summed E-state index contributed by atoms with van der Waals surface area (Å²) in [5.41, 5.74) is 1.45. The second kappa shape index (κ2) is 3.69. The molecule has 1 aromatic carbocycles. The predicted octanol–water partition coefficient (Wildman–Crippen LogP) is 1.90. The Morgan fingerprint density at radius 3 is 2.40 bits per heavy atom. The van der Waals surface area contributed by atoms with Gasteiger partial charge in [0.2, 0.25) is 5.91 Å². The number of rotatable bonds is 1. The Hall–Kier alpha value is -1.90. The minimum Gasteiger partial charge on any atom is -0.274 e. The molecule has 1 aromatic rings. The molecule has 2 amide bonds. The van der Waals surface area contributed by atoms with Gasteiger partial charge in [0, 0.05) is 12.5 Å². The molecule has 0 bridgehead atoms. The number of amides is 2. The van der Waals surface area contributed by atoms with Crippen molar-refractivity contribution in [2.75, 3.05) is 4.90 Å². The molecule has 0 saturated heterocycles. The van der Waals surface area contributed by atoms with Gasteiger partial charge in [0.1, 0.15) is 0 Å². The standard InChI is InChI=1S/C12H11NO2/c1-9-7-11(14)13(12(15)8-9)10-5-3-2-4-6-10/h2-7H,8H2,1H3. The molecular formula is C12H11NO2. The van der Waals surface area contributed by atoms with Crippen LogP contribution in [0.15, 0.2) is 42.0 Å². The maximum atomic E-state index is 11.7. The molecule has 0 unspecified atom stereocenters. The zero-order valence-electron chi connectivity index (χ0n) is 8.43. The quantitative estimate of drug-likeness (QED) is 0.651. The third-order valence-corrected chi connectivity index (χ3v) is 2.28. The minimum atomic E-state index is -0.255. The summed E-state index contributed by atoms with van der Waals surface area (Å²) in [6, 6.07) is 8.97. The number of nitrogens with zero attached hydrogens (tertiary/aromatic N) is 1. The van der Waals surface area contributed by atoms with Crippen LogP contribution < -0.4 is 4.90 Å². The molecule has 0 aromatic heterocycles. The number of anilines is 1. The lowest BCUT2D eigenvalue weighted by Gasteiger charge is -2.23. The first kappa shape index (κ1) is 9.65. The van der Waals surface area contributed by atoms with Gasteiger partial charge in [-0.1, -0.05) is 23.8 Å². The lowest BCUT2D eigenvalue weighted by molar-refractivity contribution is -0.124. The molecular weight excluding hydrogens is 190 g/mol. The average molecular weight is 201 g/mol. The molecule has 15 heavy (non-hydrogen) atoms. The highest BCUT2D eigenvalue weighted by Crippen LogP contribution is 2.20. The van der Waals surface area contributed by atoms with Gasteiger partial charge in [0.15, 0.2) is 0 Å². The van der Waals surface area contributed by atoms with Crippen LogP contribution in [0.5, 0.6) is 0 Å². The van der Waals surface area contributed by atoms with Gasteiger partial charge in [-0.3, -0.25) is 9.59 Å². The van der Waals surface area contributed by atoms with E-state index in [1.54, 1.807) is 31.2 Å². The minimum absolute atomic E-state index is 0.161. The number of hydrogen-bond acceptors (Lipinski definition) is 2. The molecule has 0 saturated carbocycles. The largest absolute Gasteiger partial charge is 0.274 e. The van der Waals surface area contributed by atoms with E-state index >= 15 is 0 Å². The molecule has 0 atom stereocenters. The van der Waals surface area contributed by atoms with Gasteiger partial charge < -0.3 is 0 Å². The maximum Gasteiger partial charge on any atom is 0.257 e. The first-order chi connectivity index (χ1) is 7.18.